The molecule has 0 aliphatic heterocycles. The number of allylic oxidation sites excluding steroid dienone is 3. The smallest absolute Gasteiger partial charge is 0.424 e. The Balaban J connectivity index is 1.79. The monoisotopic (exact) mass is 932 g/mol. The third-order valence-corrected chi connectivity index (χ3v) is 13.0. The van der Waals surface area contributed by atoms with Crippen LogP contribution >= 0.6 is 7.82 Å². The molecule has 350 valence electrons. The fraction of sp³-hybridized carbons (Fsp3) is 0.211. The van der Waals surface area contributed by atoms with Gasteiger partial charge in [0.2, 0.25) is 0 Å². The highest BCUT2D eigenvalue weighted by Gasteiger charge is 2.61. The Bertz CT molecular complexity index is 2400. The van der Waals surface area contributed by atoms with Crippen LogP contribution in [0.5, 0.6) is 0 Å². The van der Waals surface area contributed by atoms with Gasteiger partial charge in [-0.25, -0.2) is 32.5 Å². The van der Waals surface area contributed by atoms with E-state index >= 15 is 4.57 Å². The molecule has 0 aliphatic rings. The molecule has 0 bridgehead atoms. The molecular formula is C57H57O10P. The summed E-state index contributed by atoms with van der Waals surface area (Å²) in [6, 6.07) is 52.9. The predicted octanol–water partition coefficient (Wildman–Crippen LogP) is 13.5. The lowest BCUT2D eigenvalue weighted by molar-refractivity contribution is -0.260. The number of esters is 3. The molecule has 6 atom stereocenters. The summed E-state index contributed by atoms with van der Waals surface area (Å²) in [7, 11) is -5.73. The number of ether oxygens (including phenoxy) is 3. The van der Waals surface area contributed by atoms with Crippen molar-refractivity contribution in [3.05, 3.63) is 252 Å². The first-order chi connectivity index (χ1) is 32.8. The van der Waals surface area contributed by atoms with E-state index < -0.39 is 60.8 Å². The highest BCUT2D eigenvalue weighted by molar-refractivity contribution is 7.48. The van der Waals surface area contributed by atoms with Gasteiger partial charge in [-0.1, -0.05) is 221 Å². The highest BCUT2D eigenvalue weighted by atomic mass is 31.2. The average molecular weight is 933 g/mol. The van der Waals surface area contributed by atoms with Gasteiger partial charge in [-0.3, -0.25) is 0 Å². The van der Waals surface area contributed by atoms with Crippen LogP contribution in [0.4, 0.5) is 0 Å². The molecule has 0 saturated heterocycles. The Morgan fingerprint density at radius 2 is 0.588 bits per heavy atom. The topological polar surface area (TPSA) is 124 Å². The molecular weight excluding hydrogens is 876 g/mol. The molecule has 0 aromatic heterocycles. The first-order valence-electron chi connectivity index (χ1n) is 22.5. The van der Waals surface area contributed by atoms with Crippen LogP contribution in [-0.2, 0) is 64.1 Å². The molecule has 0 saturated carbocycles. The Kier molecular flexibility index (Phi) is 17.2. The quantitative estimate of drug-likeness (QED) is 0.0226. The van der Waals surface area contributed by atoms with Gasteiger partial charge in [-0.2, -0.15) is 0 Å². The van der Waals surface area contributed by atoms with Crippen molar-refractivity contribution in [2.75, 3.05) is 0 Å². The van der Waals surface area contributed by atoms with Gasteiger partial charge in [0.15, 0.2) is 0 Å². The van der Waals surface area contributed by atoms with E-state index in [1.54, 1.807) is 133 Å². The number of benzene rings is 6. The van der Waals surface area contributed by atoms with Crippen LogP contribution in [0.25, 0.3) is 0 Å². The minimum Gasteiger partial charge on any atom is -0.424 e. The molecule has 10 nitrogen and oxygen atoms in total. The summed E-state index contributed by atoms with van der Waals surface area (Å²) < 4.78 is 58.6. The second-order valence-corrected chi connectivity index (χ2v) is 17.4. The standard InChI is InChI=1S/C57H57O10P/c1-7-28-52(58)62-55(49-37-22-13-23-38-49,43(4)46-31-16-10-17-32-46)65-68(61,66-56(63-53(59)29-8-2,50-39-24-14-25-40-50)44(5)47-33-18-11-19-34-47)67-57(64-54(60)30-9-3,51-41-26-15-27-42-51)45(6)48-35-20-12-21-36-48/h7-45H,1-6H3/b28-7+,29-8+,30-9+. The summed E-state index contributed by atoms with van der Waals surface area (Å²) in [5.74, 6) is -12.6. The summed E-state index contributed by atoms with van der Waals surface area (Å²) in [4.78, 5) is 42.5. The number of hydrogen-bond acceptors (Lipinski definition) is 10. The Labute approximate surface area is 399 Å². The van der Waals surface area contributed by atoms with Crippen molar-refractivity contribution in [3.8, 4) is 0 Å². The summed E-state index contributed by atoms with van der Waals surface area (Å²) in [5, 5.41) is 0. The lowest BCUT2D eigenvalue weighted by Crippen LogP contribution is -2.46. The maximum absolute atomic E-state index is 17.5. The van der Waals surface area contributed by atoms with Crippen LogP contribution in [0.15, 0.2) is 218 Å². The van der Waals surface area contributed by atoms with Gasteiger partial charge in [0.1, 0.15) is 0 Å². The van der Waals surface area contributed by atoms with E-state index in [4.69, 9.17) is 27.8 Å². The number of hydrogen-bond donors (Lipinski definition) is 0. The number of carbonyl (C=O) groups is 3. The van der Waals surface area contributed by atoms with Gasteiger partial charge in [-0.05, 0) is 37.5 Å². The number of phosphoric ester groups is 1. The fourth-order valence-electron chi connectivity index (χ4n) is 8.05. The van der Waals surface area contributed by atoms with E-state index in [0.29, 0.717) is 16.7 Å². The van der Waals surface area contributed by atoms with Crippen LogP contribution in [-0.4, -0.2) is 17.9 Å². The lowest BCUT2D eigenvalue weighted by Gasteiger charge is -2.46. The fourth-order valence-corrected chi connectivity index (χ4v) is 10.1. The maximum atomic E-state index is 17.5. The minimum absolute atomic E-state index is 0.237. The zero-order chi connectivity index (χ0) is 48.6. The first-order valence-corrected chi connectivity index (χ1v) is 23.9. The summed E-state index contributed by atoms with van der Waals surface area (Å²) in [6.07, 6.45) is 8.14. The summed E-state index contributed by atoms with van der Waals surface area (Å²) >= 11 is 0. The maximum Gasteiger partial charge on any atom is 0.485 e. The largest absolute Gasteiger partial charge is 0.485 e. The molecule has 0 fully saturated rings. The number of rotatable bonds is 21. The van der Waals surface area contributed by atoms with Gasteiger partial charge < -0.3 is 14.2 Å². The average Bonchev–Trinajstić information content (AvgIpc) is 3.36. The van der Waals surface area contributed by atoms with Gasteiger partial charge >= 0.3 is 25.7 Å². The molecule has 6 rings (SSSR count). The van der Waals surface area contributed by atoms with Gasteiger partial charge in [0.05, 0.1) is 17.8 Å². The van der Waals surface area contributed by atoms with Crippen molar-refractivity contribution < 1.29 is 46.7 Å². The molecule has 0 aliphatic carbocycles. The van der Waals surface area contributed by atoms with Crippen molar-refractivity contribution in [1.29, 1.82) is 0 Å². The van der Waals surface area contributed by atoms with Crippen molar-refractivity contribution in [2.45, 2.75) is 76.7 Å². The number of phosphoric acid groups is 1. The highest BCUT2D eigenvalue weighted by Crippen LogP contribution is 2.68. The Hall–Kier alpha value is -6.94. The lowest BCUT2D eigenvalue weighted by atomic mass is 9.87. The first kappa shape index (κ1) is 50.5. The molecule has 0 heterocycles. The second kappa shape index (κ2) is 23.2. The van der Waals surface area contributed by atoms with Crippen LogP contribution < -0.4 is 0 Å². The van der Waals surface area contributed by atoms with E-state index in [0.717, 1.165) is 0 Å². The molecule has 11 heteroatoms. The van der Waals surface area contributed by atoms with Crippen LogP contribution in [0.3, 0.4) is 0 Å². The van der Waals surface area contributed by atoms with Crippen molar-refractivity contribution in [2.24, 2.45) is 0 Å². The Morgan fingerprint density at radius 1 is 0.382 bits per heavy atom. The van der Waals surface area contributed by atoms with Gasteiger partial charge in [0, 0.05) is 34.9 Å². The molecule has 68 heavy (non-hydrogen) atoms. The summed E-state index contributed by atoms with van der Waals surface area (Å²) in [6.45, 7) is 10.2. The van der Waals surface area contributed by atoms with E-state index in [-0.39, 0.29) is 16.7 Å². The minimum atomic E-state index is -5.73. The zero-order valence-corrected chi connectivity index (χ0v) is 39.9. The molecule has 6 unspecified atom stereocenters. The summed E-state index contributed by atoms with van der Waals surface area (Å²) in [5.41, 5.74) is 2.53. The Morgan fingerprint density at radius 3 is 0.794 bits per heavy atom. The van der Waals surface area contributed by atoms with Gasteiger partial charge in [-0.15, -0.1) is 0 Å². The molecule has 6 aromatic carbocycles. The SMILES string of the molecule is C/C=C/C(=O)OC(OP(=O)(OC(OC(=O)/C=C/C)(c1ccccc1)C(C)c1ccccc1)OC(OC(=O)/C=C/C)(c1ccccc1)C(C)c1ccccc1)(c1ccccc1)C(C)c1ccccc1. The van der Waals surface area contributed by atoms with E-state index in [2.05, 4.69) is 0 Å². The van der Waals surface area contributed by atoms with E-state index in [1.165, 1.54) is 36.5 Å². The number of carbonyl (C=O) groups excluding carboxylic acids is 3. The third kappa shape index (κ3) is 11.6. The molecule has 6 aromatic rings. The normalized spacial score (nSPS) is 16.6. The van der Waals surface area contributed by atoms with Crippen LogP contribution in [0.2, 0.25) is 0 Å². The van der Waals surface area contributed by atoms with Crippen molar-refractivity contribution in [3.63, 3.8) is 0 Å². The molecule has 0 amide bonds. The molecule has 0 spiro atoms. The van der Waals surface area contributed by atoms with Crippen molar-refractivity contribution in [1.82, 2.24) is 0 Å². The second-order valence-electron chi connectivity index (χ2n) is 16.0. The van der Waals surface area contributed by atoms with Crippen LogP contribution in [0, 0.1) is 0 Å². The van der Waals surface area contributed by atoms with Crippen LogP contribution in [0.1, 0.15) is 92.7 Å². The molecule has 0 N–H and O–H groups in total. The van der Waals surface area contributed by atoms with Crippen molar-refractivity contribution >= 4 is 25.7 Å². The van der Waals surface area contributed by atoms with Gasteiger partial charge in [0.25, 0.3) is 17.4 Å². The van der Waals surface area contributed by atoms with E-state index in [9.17, 15) is 14.4 Å². The molecule has 0 radical (unpaired) electrons. The van der Waals surface area contributed by atoms with E-state index in [1.807, 2.05) is 91.0 Å². The predicted molar refractivity (Wildman–Crippen MR) is 263 cm³/mol. The zero-order valence-electron chi connectivity index (χ0n) is 39.0. The third-order valence-electron chi connectivity index (χ3n) is 11.5.